The number of nitrogens with zero attached hydrogens (tertiary/aromatic N) is 1. The summed E-state index contributed by atoms with van der Waals surface area (Å²) >= 11 is 0. The summed E-state index contributed by atoms with van der Waals surface area (Å²) in [7, 11) is 1.53. The number of carbonyl (C=O) groups is 2. The Bertz CT molecular complexity index is 927. The Morgan fingerprint density at radius 2 is 1.96 bits per heavy atom. The zero-order valence-electron chi connectivity index (χ0n) is 13.8. The molecule has 1 aliphatic heterocycles. The third-order valence-electron chi connectivity index (χ3n) is 5.07. The lowest BCUT2D eigenvalue weighted by molar-refractivity contribution is -0.131. The van der Waals surface area contributed by atoms with Crippen molar-refractivity contribution in [3.63, 3.8) is 0 Å². The van der Waals surface area contributed by atoms with Crippen LogP contribution >= 0.6 is 0 Å². The van der Waals surface area contributed by atoms with E-state index in [1.165, 1.54) is 18.1 Å². The van der Waals surface area contributed by atoms with Crippen LogP contribution in [0.5, 0.6) is 5.75 Å². The van der Waals surface area contributed by atoms with E-state index in [1.54, 1.807) is 18.2 Å². The Labute approximate surface area is 143 Å². The number of ether oxygens (including phenoxy) is 1. The molecule has 7 heteroatoms. The van der Waals surface area contributed by atoms with E-state index < -0.39 is 17.2 Å². The molecule has 1 saturated heterocycles. The molecule has 0 unspecified atom stereocenters. The summed E-state index contributed by atoms with van der Waals surface area (Å²) in [6.45, 7) is 0.0425. The van der Waals surface area contributed by atoms with E-state index in [0.29, 0.717) is 35.1 Å². The summed E-state index contributed by atoms with van der Waals surface area (Å²) in [5.41, 5.74) is -0.342. The minimum atomic E-state index is -0.754. The van der Waals surface area contributed by atoms with E-state index >= 15 is 0 Å². The lowest BCUT2D eigenvalue weighted by Crippen LogP contribution is -2.44. The Morgan fingerprint density at radius 1 is 1.20 bits per heavy atom. The number of rotatable bonds is 3. The van der Waals surface area contributed by atoms with Crippen LogP contribution in [0.25, 0.3) is 11.0 Å². The standard InChI is InChI=1S/C18H18N2O5/c1-24-12-4-5-13-11(8-15(21)25-14(13)9-12)10-20-16(22)18(19-17(20)23)6-2-3-7-18/h4-5,8-9H,2-3,6-7,10H2,1H3,(H,19,23). The summed E-state index contributed by atoms with van der Waals surface area (Å²) in [6.07, 6.45) is 3.20. The second-order valence-corrected chi connectivity index (χ2v) is 6.56. The van der Waals surface area contributed by atoms with Gasteiger partial charge in [-0.25, -0.2) is 9.59 Å². The van der Waals surface area contributed by atoms with Gasteiger partial charge in [-0.05, 0) is 30.5 Å². The zero-order chi connectivity index (χ0) is 17.6. The Morgan fingerprint density at radius 3 is 2.68 bits per heavy atom. The minimum Gasteiger partial charge on any atom is -0.497 e. The van der Waals surface area contributed by atoms with E-state index in [-0.39, 0.29) is 12.5 Å². The van der Waals surface area contributed by atoms with Crippen molar-refractivity contribution in [3.8, 4) is 5.75 Å². The van der Waals surface area contributed by atoms with Crippen molar-refractivity contribution in [3.05, 3.63) is 40.2 Å². The van der Waals surface area contributed by atoms with Crippen LogP contribution in [0.1, 0.15) is 31.2 Å². The summed E-state index contributed by atoms with van der Waals surface area (Å²) in [4.78, 5) is 38.2. The number of benzene rings is 1. The Kier molecular flexibility index (Phi) is 3.52. The minimum absolute atomic E-state index is 0.0425. The zero-order valence-corrected chi connectivity index (χ0v) is 13.8. The van der Waals surface area contributed by atoms with Gasteiger partial charge in [0.05, 0.1) is 13.7 Å². The fourth-order valence-electron chi connectivity index (χ4n) is 3.78. The molecule has 0 atom stereocenters. The molecule has 0 radical (unpaired) electrons. The topological polar surface area (TPSA) is 88.9 Å². The average molecular weight is 342 g/mol. The molecule has 1 aliphatic carbocycles. The SMILES string of the molecule is COc1ccc2c(CN3C(=O)NC4(CCCC4)C3=O)cc(=O)oc2c1. The number of carbonyl (C=O) groups excluding carboxylic acids is 2. The molecule has 2 fully saturated rings. The summed E-state index contributed by atoms with van der Waals surface area (Å²) in [5, 5.41) is 3.52. The maximum atomic E-state index is 12.8. The molecule has 4 rings (SSSR count). The first-order valence-corrected chi connectivity index (χ1v) is 8.27. The van der Waals surface area contributed by atoms with Crippen molar-refractivity contribution < 1.29 is 18.7 Å². The molecule has 1 saturated carbocycles. The van der Waals surface area contributed by atoms with Gasteiger partial charge < -0.3 is 14.5 Å². The smallest absolute Gasteiger partial charge is 0.336 e. The third-order valence-corrected chi connectivity index (χ3v) is 5.07. The van der Waals surface area contributed by atoms with Crippen molar-refractivity contribution in [1.82, 2.24) is 10.2 Å². The predicted octanol–water partition coefficient (Wildman–Crippen LogP) is 2.17. The van der Waals surface area contributed by atoms with Gasteiger partial charge in [0.1, 0.15) is 16.9 Å². The molecule has 2 aliphatic rings. The molecule has 1 spiro atoms. The fourth-order valence-corrected chi connectivity index (χ4v) is 3.78. The molecule has 2 heterocycles. The van der Waals surface area contributed by atoms with Gasteiger partial charge in [-0.3, -0.25) is 9.69 Å². The molecule has 1 N–H and O–H groups in total. The van der Waals surface area contributed by atoms with Gasteiger partial charge in [-0.2, -0.15) is 0 Å². The highest BCUT2D eigenvalue weighted by Crippen LogP contribution is 2.36. The second kappa shape index (κ2) is 5.61. The highest BCUT2D eigenvalue weighted by Gasteiger charge is 2.52. The molecule has 130 valence electrons. The molecule has 25 heavy (non-hydrogen) atoms. The number of nitrogens with one attached hydrogen (secondary N) is 1. The highest BCUT2D eigenvalue weighted by atomic mass is 16.5. The van der Waals surface area contributed by atoms with Crippen molar-refractivity contribution in [2.24, 2.45) is 0 Å². The lowest BCUT2D eigenvalue weighted by atomic mass is 9.98. The maximum absolute atomic E-state index is 12.8. The first kappa shape index (κ1) is 15.7. The highest BCUT2D eigenvalue weighted by molar-refractivity contribution is 6.07. The van der Waals surface area contributed by atoms with Crippen molar-refractivity contribution >= 4 is 22.9 Å². The van der Waals surface area contributed by atoms with E-state index in [0.717, 1.165) is 12.8 Å². The number of fused-ring (bicyclic) bond motifs is 1. The molecule has 0 bridgehead atoms. The van der Waals surface area contributed by atoms with Crippen LogP contribution in [-0.4, -0.2) is 29.5 Å². The van der Waals surface area contributed by atoms with Gasteiger partial charge >= 0.3 is 11.7 Å². The van der Waals surface area contributed by atoms with Crippen LogP contribution in [0, 0.1) is 0 Å². The summed E-state index contributed by atoms with van der Waals surface area (Å²) in [6, 6.07) is 6.05. The van der Waals surface area contributed by atoms with Crippen molar-refractivity contribution in [2.45, 2.75) is 37.8 Å². The summed E-state index contributed by atoms with van der Waals surface area (Å²) < 4.78 is 10.4. The van der Waals surface area contributed by atoms with Crippen LogP contribution in [0.2, 0.25) is 0 Å². The molecule has 7 nitrogen and oxygen atoms in total. The van der Waals surface area contributed by atoms with E-state index in [9.17, 15) is 14.4 Å². The van der Waals surface area contributed by atoms with Gasteiger partial charge in [-0.15, -0.1) is 0 Å². The number of urea groups is 1. The van der Waals surface area contributed by atoms with Crippen LogP contribution < -0.4 is 15.7 Å². The van der Waals surface area contributed by atoms with Gasteiger partial charge in [-0.1, -0.05) is 12.8 Å². The first-order chi connectivity index (χ1) is 12.0. The predicted molar refractivity (Wildman–Crippen MR) is 89.3 cm³/mol. The fraction of sp³-hybridized carbons (Fsp3) is 0.389. The first-order valence-electron chi connectivity index (χ1n) is 8.27. The summed E-state index contributed by atoms with van der Waals surface area (Å²) in [5.74, 6) is 0.359. The van der Waals surface area contributed by atoms with Crippen molar-refractivity contribution in [1.29, 1.82) is 0 Å². The molecule has 2 aromatic rings. The molecule has 1 aromatic heterocycles. The number of amides is 3. The second-order valence-electron chi connectivity index (χ2n) is 6.56. The van der Waals surface area contributed by atoms with Crippen LogP contribution in [0.4, 0.5) is 4.79 Å². The van der Waals surface area contributed by atoms with E-state index in [4.69, 9.17) is 9.15 Å². The Hall–Kier alpha value is -2.83. The normalized spacial score (nSPS) is 19.0. The van der Waals surface area contributed by atoms with E-state index in [2.05, 4.69) is 5.32 Å². The van der Waals surface area contributed by atoms with Crippen LogP contribution in [0.15, 0.2) is 33.5 Å². The number of hydrogen-bond donors (Lipinski definition) is 1. The van der Waals surface area contributed by atoms with Gasteiger partial charge in [0.15, 0.2) is 0 Å². The quantitative estimate of drug-likeness (QED) is 0.682. The van der Waals surface area contributed by atoms with Gasteiger partial charge in [0, 0.05) is 17.5 Å². The number of methoxy groups -OCH3 is 1. The van der Waals surface area contributed by atoms with Gasteiger partial charge in [0.2, 0.25) is 0 Å². The van der Waals surface area contributed by atoms with Crippen LogP contribution in [0.3, 0.4) is 0 Å². The third kappa shape index (κ3) is 2.47. The number of hydrogen-bond acceptors (Lipinski definition) is 5. The average Bonchev–Trinajstić information content (AvgIpc) is 3.15. The monoisotopic (exact) mass is 342 g/mol. The maximum Gasteiger partial charge on any atom is 0.336 e. The Balaban J connectivity index is 1.72. The molecule has 1 aromatic carbocycles. The molecular formula is C18H18N2O5. The molecule has 3 amide bonds. The van der Waals surface area contributed by atoms with Gasteiger partial charge in [0.25, 0.3) is 5.91 Å². The molecular weight excluding hydrogens is 324 g/mol. The lowest BCUT2D eigenvalue weighted by Gasteiger charge is -2.20. The van der Waals surface area contributed by atoms with Crippen molar-refractivity contribution in [2.75, 3.05) is 7.11 Å². The van der Waals surface area contributed by atoms with E-state index in [1.807, 2.05) is 0 Å². The van der Waals surface area contributed by atoms with Crippen LogP contribution in [-0.2, 0) is 11.3 Å². The largest absolute Gasteiger partial charge is 0.497 e. The number of imide groups is 1.